The number of thioether (sulfide) groups is 1. The van der Waals surface area contributed by atoms with Gasteiger partial charge in [-0.05, 0) is 36.8 Å². The maximum absolute atomic E-state index is 10.2. The molecule has 0 bridgehead atoms. The Hall–Kier alpha value is -0.710. The normalized spacial score (nSPS) is 24.4. The van der Waals surface area contributed by atoms with Crippen molar-refractivity contribution in [2.24, 2.45) is 0 Å². The van der Waals surface area contributed by atoms with Crippen molar-refractivity contribution in [1.82, 2.24) is 5.32 Å². The van der Waals surface area contributed by atoms with Crippen LogP contribution in [0.15, 0.2) is 24.3 Å². The number of hydrogen-bond donors (Lipinski definition) is 2. The average Bonchev–Trinajstić information content (AvgIpc) is 2.92. The Labute approximate surface area is 119 Å². The van der Waals surface area contributed by atoms with Crippen LogP contribution in [-0.2, 0) is 0 Å². The molecule has 0 heterocycles. The lowest BCUT2D eigenvalue weighted by Gasteiger charge is -2.21. The first-order valence-corrected chi connectivity index (χ1v) is 8.11. The molecule has 1 aromatic carbocycles. The third-order valence-corrected chi connectivity index (χ3v) is 4.98. The van der Waals surface area contributed by atoms with Gasteiger partial charge in [0, 0.05) is 17.8 Å². The molecule has 1 saturated carbocycles. The van der Waals surface area contributed by atoms with Crippen LogP contribution < -0.4 is 10.1 Å². The van der Waals surface area contributed by atoms with Crippen LogP contribution in [0.2, 0.25) is 0 Å². The molecular formula is C15H23NO2S. The number of methoxy groups -OCH3 is 1. The van der Waals surface area contributed by atoms with E-state index >= 15 is 0 Å². The molecule has 1 aromatic rings. The van der Waals surface area contributed by atoms with Gasteiger partial charge in [-0.3, -0.25) is 0 Å². The van der Waals surface area contributed by atoms with Gasteiger partial charge in [-0.1, -0.05) is 18.6 Å². The molecule has 0 amide bonds. The van der Waals surface area contributed by atoms with Crippen LogP contribution in [0.5, 0.6) is 5.75 Å². The highest BCUT2D eigenvalue weighted by molar-refractivity contribution is 7.99. The number of aliphatic hydroxyl groups is 1. The van der Waals surface area contributed by atoms with Gasteiger partial charge in [-0.25, -0.2) is 0 Å². The molecule has 0 aromatic heterocycles. The molecule has 106 valence electrons. The van der Waals surface area contributed by atoms with Crippen molar-refractivity contribution in [2.45, 2.75) is 36.7 Å². The number of benzene rings is 1. The lowest BCUT2D eigenvalue weighted by molar-refractivity contribution is 0.170. The highest BCUT2D eigenvalue weighted by Gasteiger charge is 2.26. The second kappa shape index (κ2) is 7.17. The molecule has 3 unspecified atom stereocenters. The van der Waals surface area contributed by atoms with E-state index in [9.17, 15) is 5.11 Å². The molecule has 2 rings (SSSR count). The highest BCUT2D eigenvalue weighted by Crippen LogP contribution is 2.28. The summed E-state index contributed by atoms with van der Waals surface area (Å²) in [5.74, 6) is 0.791. The summed E-state index contributed by atoms with van der Waals surface area (Å²) in [7, 11) is 1.64. The number of rotatable bonds is 6. The average molecular weight is 281 g/mol. The van der Waals surface area contributed by atoms with Gasteiger partial charge < -0.3 is 15.2 Å². The minimum atomic E-state index is -0.474. The van der Waals surface area contributed by atoms with Crippen molar-refractivity contribution in [3.63, 3.8) is 0 Å². The van der Waals surface area contributed by atoms with Crippen molar-refractivity contribution < 1.29 is 9.84 Å². The van der Waals surface area contributed by atoms with Crippen molar-refractivity contribution in [3.8, 4) is 5.75 Å². The Kier molecular flexibility index (Phi) is 5.55. The van der Waals surface area contributed by atoms with E-state index < -0.39 is 6.10 Å². The van der Waals surface area contributed by atoms with Crippen LogP contribution in [0.25, 0.3) is 0 Å². The van der Waals surface area contributed by atoms with Gasteiger partial charge in [0.1, 0.15) is 5.75 Å². The van der Waals surface area contributed by atoms with Gasteiger partial charge in [0.25, 0.3) is 0 Å². The summed E-state index contributed by atoms with van der Waals surface area (Å²) in [5, 5.41) is 14.4. The molecule has 0 aliphatic heterocycles. The number of ether oxygens (including phenoxy) is 1. The Bertz CT molecular complexity index is 399. The lowest BCUT2D eigenvalue weighted by atomic mass is 10.1. The molecule has 0 radical (unpaired) electrons. The number of hydrogen-bond acceptors (Lipinski definition) is 4. The zero-order valence-corrected chi connectivity index (χ0v) is 12.5. The lowest BCUT2D eigenvalue weighted by Crippen LogP contribution is -2.36. The summed E-state index contributed by atoms with van der Waals surface area (Å²) in [6.45, 7) is 0.606. The van der Waals surface area contributed by atoms with Crippen molar-refractivity contribution in [3.05, 3.63) is 29.8 Å². The molecule has 3 nitrogen and oxygen atoms in total. The predicted molar refractivity (Wildman–Crippen MR) is 80.9 cm³/mol. The van der Waals surface area contributed by atoms with Gasteiger partial charge in [-0.15, -0.1) is 0 Å². The molecule has 0 spiro atoms. The summed E-state index contributed by atoms with van der Waals surface area (Å²) in [6.07, 6.45) is 5.49. The summed E-state index contributed by atoms with van der Waals surface area (Å²) in [5.41, 5.74) is 0.908. The van der Waals surface area contributed by atoms with Crippen LogP contribution in [0.3, 0.4) is 0 Å². The zero-order chi connectivity index (χ0) is 13.7. The maximum Gasteiger partial charge on any atom is 0.119 e. The third kappa shape index (κ3) is 3.88. The Morgan fingerprint density at radius 2 is 2.32 bits per heavy atom. The van der Waals surface area contributed by atoms with Gasteiger partial charge in [-0.2, -0.15) is 11.8 Å². The second-order valence-electron chi connectivity index (χ2n) is 5.01. The number of aliphatic hydroxyl groups excluding tert-OH is 1. The van der Waals surface area contributed by atoms with E-state index in [1.54, 1.807) is 7.11 Å². The minimum Gasteiger partial charge on any atom is -0.497 e. The summed E-state index contributed by atoms with van der Waals surface area (Å²) in [6, 6.07) is 8.18. The van der Waals surface area contributed by atoms with E-state index in [4.69, 9.17) is 4.74 Å². The van der Waals surface area contributed by atoms with Gasteiger partial charge >= 0.3 is 0 Å². The van der Waals surface area contributed by atoms with E-state index in [2.05, 4.69) is 11.6 Å². The van der Waals surface area contributed by atoms with Crippen LogP contribution in [0, 0.1) is 0 Å². The molecule has 1 fully saturated rings. The monoisotopic (exact) mass is 281 g/mol. The van der Waals surface area contributed by atoms with E-state index in [1.165, 1.54) is 19.3 Å². The van der Waals surface area contributed by atoms with E-state index in [-0.39, 0.29) is 0 Å². The molecule has 3 atom stereocenters. The Morgan fingerprint density at radius 1 is 1.47 bits per heavy atom. The SMILES string of the molecule is COc1cccc(C(O)CNC2CCCC2SC)c1. The predicted octanol–water partition coefficient (Wildman–Crippen LogP) is 2.60. The summed E-state index contributed by atoms with van der Waals surface area (Å²) < 4.78 is 5.18. The van der Waals surface area contributed by atoms with Gasteiger partial charge in [0.15, 0.2) is 0 Å². The largest absolute Gasteiger partial charge is 0.497 e. The van der Waals surface area contributed by atoms with E-state index in [0.717, 1.165) is 11.3 Å². The van der Waals surface area contributed by atoms with Crippen LogP contribution in [-0.4, -0.2) is 36.3 Å². The molecule has 0 saturated heterocycles. The summed E-state index contributed by atoms with van der Waals surface area (Å²) >= 11 is 1.93. The fourth-order valence-corrected chi connectivity index (χ4v) is 3.63. The zero-order valence-electron chi connectivity index (χ0n) is 11.6. The fraction of sp³-hybridized carbons (Fsp3) is 0.600. The quantitative estimate of drug-likeness (QED) is 0.841. The smallest absolute Gasteiger partial charge is 0.119 e. The van der Waals surface area contributed by atoms with Crippen LogP contribution >= 0.6 is 11.8 Å². The van der Waals surface area contributed by atoms with Crippen LogP contribution in [0.4, 0.5) is 0 Å². The van der Waals surface area contributed by atoms with Crippen molar-refractivity contribution in [1.29, 1.82) is 0 Å². The molecule has 19 heavy (non-hydrogen) atoms. The first-order chi connectivity index (χ1) is 9.24. The minimum absolute atomic E-state index is 0.474. The molecular weight excluding hydrogens is 258 g/mol. The highest BCUT2D eigenvalue weighted by atomic mass is 32.2. The molecule has 1 aliphatic carbocycles. The van der Waals surface area contributed by atoms with Gasteiger partial charge in [0.05, 0.1) is 13.2 Å². The van der Waals surface area contributed by atoms with Crippen molar-refractivity contribution >= 4 is 11.8 Å². The van der Waals surface area contributed by atoms with E-state index in [0.29, 0.717) is 17.8 Å². The Balaban J connectivity index is 1.88. The topological polar surface area (TPSA) is 41.5 Å². The first-order valence-electron chi connectivity index (χ1n) is 6.82. The van der Waals surface area contributed by atoms with Crippen molar-refractivity contribution in [2.75, 3.05) is 19.9 Å². The third-order valence-electron chi connectivity index (χ3n) is 3.81. The standard InChI is InChI=1S/C15H23NO2S/c1-18-12-6-3-5-11(9-12)14(17)10-16-13-7-4-8-15(13)19-2/h3,5-6,9,13-17H,4,7-8,10H2,1-2H3. The van der Waals surface area contributed by atoms with Crippen LogP contribution in [0.1, 0.15) is 30.9 Å². The molecule has 4 heteroatoms. The fourth-order valence-electron chi connectivity index (χ4n) is 2.67. The first kappa shape index (κ1) is 14.7. The number of nitrogens with one attached hydrogen (secondary N) is 1. The maximum atomic E-state index is 10.2. The van der Waals surface area contributed by atoms with Gasteiger partial charge in [0.2, 0.25) is 0 Å². The molecule has 2 N–H and O–H groups in total. The second-order valence-corrected chi connectivity index (χ2v) is 6.09. The summed E-state index contributed by atoms with van der Waals surface area (Å²) in [4.78, 5) is 0. The van der Waals surface area contributed by atoms with E-state index in [1.807, 2.05) is 36.0 Å². The molecule has 1 aliphatic rings. The Morgan fingerprint density at radius 3 is 3.05 bits per heavy atom.